The highest BCUT2D eigenvalue weighted by Crippen LogP contribution is 2.40. The van der Waals surface area contributed by atoms with Gasteiger partial charge < -0.3 is 5.11 Å². The van der Waals surface area contributed by atoms with Crippen molar-refractivity contribution < 1.29 is 19.7 Å². The molecule has 0 bridgehead atoms. The largest absolute Gasteiger partial charge is 0.481 e. The summed E-state index contributed by atoms with van der Waals surface area (Å²) >= 11 is 0. The molecule has 0 aliphatic carbocycles. The van der Waals surface area contributed by atoms with Crippen molar-refractivity contribution in [3.05, 3.63) is 12.2 Å². The maximum Gasteiger partial charge on any atom is 0.306 e. The van der Waals surface area contributed by atoms with Gasteiger partial charge >= 0.3 is 5.97 Å². The van der Waals surface area contributed by atoms with Crippen molar-refractivity contribution in [1.82, 2.24) is 0 Å². The number of hydrogen-bond acceptors (Lipinski definition) is 3. The lowest BCUT2D eigenvalue weighted by Crippen LogP contribution is -2.45. The summed E-state index contributed by atoms with van der Waals surface area (Å²) in [6, 6.07) is 0. The molecule has 1 saturated heterocycles. The van der Waals surface area contributed by atoms with E-state index >= 15 is 0 Å². The first kappa shape index (κ1) is 21.2. The van der Waals surface area contributed by atoms with E-state index in [1.54, 1.807) is 0 Å². The van der Waals surface area contributed by atoms with Gasteiger partial charge in [-0.25, -0.2) is 9.78 Å². The molecule has 0 unspecified atom stereocenters. The van der Waals surface area contributed by atoms with Gasteiger partial charge in [0.05, 0.1) is 6.42 Å². The predicted octanol–water partition coefficient (Wildman–Crippen LogP) is 5.52. The zero-order valence-electron chi connectivity index (χ0n) is 15.9. The first-order valence-corrected chi connectivity index (χ1v) is 9.73. The molecule has 1 N–H and O–H groups in total. The summed E-state index contributed by atoms with van der Waals surface area (Å²) in [6.07, 6.45) is 12.6. The topological polar surface area (TPSA) is 55.8 Å². The van der Waals surface area contributed by atoms with Crippen LogP contribution in [-0.4, -0.2) is 22.8 Å². The van der Waals surface area contributed by atoms with Gasteiger partial charge in [0.1, 0.15) is 11.7 Å². The fraction of sp³-hybridized carbons (Fsp3) is 0.850. The molecule has 0 radical (unpaired) electrons. The van der Waals surface area contributed by atoms with Gasteiger partial charge in [-0.05, 0) is 56.8 Å². The van der Waals surface area contributed by atoms with Crippen LogP contribution in [0.5, 0.6) is 0 Å². The minimum Gasteiger partial charge on any atom is -0.481 e. The molecule has 0 saturated carbocycles. The lowest BCUT2D eigenvalue weighted by molar-refractivity contribution is -0.423. The summed E-state index contributed by atoms with van der Waals surface area (Å²) in [7, 11) is 0. The third-order valence-corrected chi connectivity index (χ3v) is 5.43. The molecule has 24 heavy (non-hydrogen) atoms. The van der Waals surface area contributed by atoms with Gasteiger partial charge in [-0.2, -0.15) is 0 Å². The van der Waals surface area contributed by atoms with E-state index in [4.69, 9.17) is 14.9 Å². The highest BCUT2D eigenvalue weighted by Gasteiger charge is 2.42. The van der Waals surface area contributed by atoms with Crippen molar-refractivity contribution >= 4 is 5.97 Å². The number of rotatable bonds is 11. The Morgan fingerprint density at radius 3 is 2.62 bits per heavy atom. The van der Waals surface area contributed by atoms with Crippen LogP contribution in [-0.2, 0) is 14.6 Å². The van der Waals surface area contributed by atoms with Crippen molar-refractivity contribution in [3.8, 4) is 0 Å². The van der Waals surface area contributed by atoms with Crippen LogP contribution in [0.2, 0.25) is 0 Å². The third kappa shape index (κ3) is 6.56. The van der Waals surface area contributed by atoms with Gasteiger partial charge in [-0.1, -0.05) is 46.3 Å². The van der Waals surface area contributed by atoms with Gasteiger partial charge in [0.2, 0.25) is 0 Å². The van der Waals surface area contributed by atoms with E-state index in [1.807, 2.05) is 0 Å². The normalized spacial score (nSPS) is 29.0. The van der Waals surface area contributed by atoms with Crippen LogP contribution in [0.25, 0.3) is 0 Å². The van der Waals surface area contributed by atoms with Crippen LogP contribution >= 0.6 is 0 Å². The summed E-state index contributed by atoms with van der Waals surface area (Å²) in [6.45, 7) is 8.66. The van der Waals surface area contributed by atoms with Crippen LogP contribution in [0, 0.1) is 11.8 Å². The number of allylic oxidation sites excluding steroid dienone is 2. The number of aliphatic carboxylic acids is 1. The molecule has 1 aliphatic heterocycles. The van der Waals surface area contributed by atoms with Crippen LogP contribution < -0.4 is 0 Å². The molecule has 0 aromatic rings. The summed E-state index contributed by atoms with van der Waals surface area (Å²) < 4.78 is 0. The highest BCUT2D eigenvalue weighted by atomic mass is 17.2. The van der Waals surface area contributed by atoms with Gasteiger partial charge in [0.15, 0.2) is 0 Å². The smallest absolute Gasteiger partial charge is 0.306 e. The molecule has 1 aliphatic rings. The number of carbonyl (C=O) groups is 1. The quantitative estimate of drug-likeness (QED) is 0.397. The van der Waals surface area contributed by atoms with E-state index in [-0.39, 0.29) is 24.0 Å². The Hall–Kier alpha value is -0.870. The Labute approximate surface area is 147 Å². The number of hydrogen-bond donors (Lipinski definition) is 1. The Bertz CT molecular complexity index is 393. The van der Waals surface area contributed by atoms with Crippen molar-refractivity contribution in [1.29, 1.82) is 0 Å². The SMILES string of the molecule is CCC=C[C@H](CC)CCC[C@@]1(CC)C[C@H](CC)[C@H](CC(=O)O)OO1. The first-order valence-electron chi connectivity index (χ1n) is 9.73. The molecular formula is C20H36O4. The molecule has 0 aromatic carbocycles. The van der Waals surface area contributed by atoms with Gasteiger partial charge in [-0.15, -0.1) is 0 Å². The molecular weight excluding hydrogens is 304 g/mol. The summed E-state index contributed by atoms with van der Waals surface area (Å²) in [5.74, 6) is 0.0846. The monoisotopic (exact) mass is 340 g/mol. The lowest BCUT2D eigenvalue weighted by atomic mass is 9.79. The van der Waals surface area contributed by atoms with E-state index in [2.05, 4.69) is 39.8 Å². The van der Waals surface area contributed by atoms with Crippen LogP contribution in [0.15, 0.2) is 12.2 Å². The highest BCUT2D eigenvalue weighted by molar-refractivity contribution is 5.67. The standard InChI is InChI=1S/C20H36O4/c1-5-9-11-16(6-2)12-10-13-20(8-4)15-17(7-3)18(23-24-20)14-19(21)22/h9,11,16-18H,5-8,10,12-15H2,1-4H3,(H,21,22)/t16-,17-,18-,20-/m0/s1. The molecule has 1 heterocycles. The van der Waals surface area contributed by atoms with Gasteiger partial charge in [0.25, 0.3) is 0 Å². The van der Waals surface area contributed by atoms with E-state index in [9.17, 15) is 4.79 Å². The minimum atomic E-state index is -0.820. The third-order valence-electron chi connectivity index (χ3n) is 5.43. The van der Waals surface area contributed by atoms with Gasteiger partial charge in [-0.3, -0.25) is 4.79 Å². The second kappa shape index (κ2) is 10.9. The molecule has 4 nitrogen and oxygen atoms in total. The van der Waals surface area contributed by atoms with E-state index in [0.717, 1.165) is 38.5 Å². The fourth-order valence-electron chi connectivity index (χ4n) is 3.64. The maximum absolute atomic E-state index is 11.0. The number of carboxylic acid groups (broad SMARTS) is 1. The average Bonchev–Trinajstić information content (AvgIpc) is 2.58. The zero-order chi connectivity index (χ0) is 18.0. The summed E-state index contributed by atoms with van der Waals surface area (Å²) in [5.41, 5.74) is -0.248. The van der Waals surface area contributed by atoms with Crippen molar-refractivity contribution in [2.24, 2.45) is 11.8 Å². The Balaban J connectivity index is 2.57. The molecule has 4 heteroatoms. The second-order valence-corrected chi connectivity index (χ2v) is 7.12. The second-order valence-electron chi connectivity index (χ2n) is 7.12. The fourth-order valence-corrected chi connectivity index (χ4v) is 3.64. The van der Waals surface area contributed by atoms with Crippen molar-refractivity contribution in [3.63, 3.8) is 0 Å². The molecule has 1 rings (SSSR count). The van der Waals surface area contributed by atoms with E-state index in [0.29, 0.717) is 5.92 Å². The minimum absolute atomic E-state index is 0.0258. The molecule has 0 aromatic heterocycles. The zero-order valence-corrected chi connectivity index (χ0v) is 15.9. The van der Waals surface area contributed by atoms with Crippen LogP contribution in [0.3, 0.4) is 0 Å². The van der Waals surface area contributed by atoms with Crippen LogP contribution in [0.4, 0.5) is 0 Å². The molecule has 4 atom stereocenters. The predicted molar refractivity (Wildman–Crippen MR) is 96.7 cm³/mol. The average molecular weight is 341 g/mol. The van der Waals surface area contributed by atoms with Crippen LogP contribution in [0.1, 0.15) is 85.5 Å². The molecule has 1 fully saturated rings. The van der Waals surface area contributed by atoms with Crippen molar-refractivity contribution in [2.45, 2.75) is 97.2 Å². The Morgan fingerprint density at radius 2 is 2.08 bits per heavy atom. The van der Waals surface area contributed by atoms with E-state index < -0.39 is 5.97 Å². The maximum atomic E-state index is 11.0. The summed E-state index contributed by atoms with van der Waals surface area (Å²) in [5, 5.41) is 9.02. The Kier molecular flexibility index (Phi) is 9.60. The van der Waals surface area contributed by atoms with E-state index in [1.165, 1.54) is 12.8 Å². The van der Waals surface area contributed by atoms with Gasteiger partial charge in [0, 0.05) is 0 Å². The lowest BCUT2D eigenvalue weighted by Gasteiger charge is -2.42. The van der Waals surface area contributed by atoms with Crippen molar-refractivity contribution in [2.75, 3.05) is 0 Å². The molecule has 0 amide bonds. The molecule has 0 spiro atoms. The summed E-state index contributed by atoms with van der Waals surface area (Å²) in [4.78, 5) is 22.3. The Morgan fingerprint density at radius 1 is 1.33 bits per heavy atom. The molecule has 140 valence electrons. The first-order chi connectivity index (χ1) is 11.5. The number of carboxylic acids is 1.